The van der Waals surface area contributed by atoms with Gasteiger partial charge in [0.25, 0.3) is 6.29 Å². The molecule has 0 aromatic rings. The van der Waals surface area contributed by atoms with Gasteiger partial charge in [0.1, 0.15) is 0 Å². The van der Waals surface area contributed by atoms with E-state index in [1.807, 2.05) is 0 Å². The van der Waals surface area contributed by atoms with Gasteiger partial charge in [-0.15, -0.1) is 0 Å². The minimum atomic E-state index is -1.69. The van der Waals surface area contributed by atoms with Crippen LogP contribution in [0.5, 0.6) is 0 Å². The number of esters is 1. The summed E-state index contributed by atoms with van der Waals surface area (Å²) < 4.78 is 9.10. The highest BCUT2D eigenvalue weighted by Crippen LogP contribution is 2.11. The van der Waals surface area contributed by atoms with Gasteiger partial charge in [-0.2, -0.15) is 9.90 Å². The molecule has 0 saturated carbocycles. The molecule has 0 fully saturated rings. The van der Waals surface area contributed by atoms with Crippen molar-refractivity contribution in [2.75, 3.05) is 0 Å². The van der Waals surface area contributed by atoms with Gasteiger partial charge in [-0.05, 0) is 0 Å². The molecule has 0 spiro atoms. The first-order valence-corrected chi connectivity index (χ1v) is 4.42. The van der Waals surface area contributed by atoms with Crippen LogP contribution in [-0.2, 0) is 19.4 Å². The molecule has 0 heterocycles. The van der Waals surface area contributed by atoms with Gasteiger partial charge in [-0.1, -0.05) is 27.7 Å². The molecule has 0 aromatic carbocycles. The van der Waals surface area contributed by atoms with E-state index in [0.29, 0.717) is 0 Å². The lowest BCUT2D eigenvalue weighted by molar-refractivity contribution is -0.182. The summed E-state index contributed by atoms with van der Waals surface area (Å²) in [6.07, 6.45) is -2.78. The topological polar surface area (TPSA) is 72.5 Å². The fourth-order valence-corrected chi connectivity index (χ4v) is 0.642. The van der Waals surface area contributed by atoms with E-state index in [4.69, 9.17) is 4.74 Å². The molecule has 1 radical (unpaired) electrons. The van der Waals surface area contributed by atoms with Crippen LogP contribution in [0, 0.1) is 11.8 Å². The van der Waals surface area contributed by atoms with Crippen LogP contribution in [0.2, 0.25) is 0 Å². The van der Waals surface area contributed by atoms with Crippen LogP contribution in [0.15, 0.2) is 0 Å². The first-order chi connectivity index (χ1) is 6.34. The number of rotatable bonds is 4. The maximum atomic E-state index is 11.1. The Morgan fingerprint density at radius 2 is 1.50 bits per heavy atom. The summed E-state index contributed by atoms with van der Waals surface area (Å²) in [5.74, 6) is -1.05. The Morgan fingerprint density at radius 1 is 1.00 bits per heavy atom. The minimum absolute atomic E-state index is 0.240. The zero-order chi connectivity index (χ0) is 11.3. The summed E-state index contributed by atoms with van der Waals surface area (Å²) in [4.78, 5) is 21.3. The van der Waals surface area contributed by atoms with Crippen LogP contribution < -0.4 is 0 Å². The van der Waals surface area contributed by atoms with Gasteiger partial charge in [-0.3, -0.25) is 4.79 Å². The summed E-state index contributed by atoms with van der Waals surface area (Å²) in [7, 11) is 0. The highest BCUT2D eigenvalue weighted by molar-refractivity contribution is 5.71. The van der Waals surface area contributed by atoms with E-state index in [1.54, 1.807) is 27.7 Å². The van der Waals surface area contributed by atoms with Crippen LogP contribution in [0.3, 0.4) is 0 Å². The lowest BCUT2D eigenvalue weighted by atomic mass is 10.2. The second-order valence-electron chi connectivity index (χ2n) is 3.57. The lowest BCUT2D eigenvalue weighted by Gasteiger charge is -2.20. The second kappa shape index (κ2) is 5.47. The van der Waals surface area contributed by atoms with Crippen molar-refractivity contribution in [1.82, 2.24) is 0 Å². The van der Waals surface area contributed by atoms with Crippen molar-refractivity contribution in [1.29, 1.82) is 0 Å². The molecule has 1 atom stereocenters. The minimum Gasteiger partial charge on any atom is -0.425 e. The monoisotopic (exact) mass is 203 g/mol. The van der Waals surface area contributed by atoms with E-state index in [2.05, 4.69) is 4.74 Å². The zero-order valence-electron chi connectivity index (χ0n) is 8.77. The predicted molar refractivity (Wildman–Crippen MR) is 46.7 cm³/mol. The normalized spacial score (nSPS) is 12.7. The van der Waals surface area contributed by atoms with Gasteiger partial charge in [0, 0.05) is 5.92 Å². The first kappa shape index (κ1) is 12.7. The Hall–Kier alpha value is -1.26. The van der Waals surface area contributed by atoms with Crippen molar-refractivity contribution in [3.8, 4) is 0 Å². The summed E-state index contributed by atoms with van der Waals surface area (Å²) in [5.41, 5.74) is 0. The molecule has 5 heteroatoms. The predicted octanol–water partition coefficient (Wildman–Crippen LogP) is 1.73. The van der Waals surface area contributed by atoms with Crippen molar-refractivity contribution in [3.63, 3.8) is 0 Å². The fraction of sp³-hybridized carbons (Fsp3) is 0.778. The lowest BCUT2D eigenvalue weighted by Crippen LogP contribution is -2.30. The summed E-state index contributed by atoms with van der Waals surface area (Å²) in [5, 5.41) is 10.1. The van der Waals surface area contributed by atoms with Gasteiger partial charge in [-0.25, -0.2) is 0 Å². The van der Waals surface area contributed by atoms with Gasteiger partial charge < -0.3 is 9.47 Å². The molecular formula is C9H15O5. The van der Waals surface area contributed by atoms with Crippen LogP contribution >= 0.6 is 0 Å². The van der Waals surface area contributed by atoms with Gasteiger partial charge in [0.15, 0.2) is 0 Å². The summed E-state index contributed by atoms with van der Waals surface area (Å²) >= 11 is 0. The van der Waals surface area contributed by atoms with E-state index < -0.39 is 18.4 Å². The van der Waals surface area contributed by atoms with Crippen LogP contribution in [-0.4, -0.2) is 18.4 Å². The quantitative estimate of drug-likeness (QED) is 0.515. The Balaban J connectivity index is 4.23. The van der Waals surface area contributed by atoms with E-state index in [1.165, 1.54) is 0 Å². The fourth-order valence-electron chi connectivity index (χ4n) is 0.642. The van der Waals surface area contributed by atoms with Crippen LogP contribution in [0.4, 0.5) is 4.79 Å². The van der Waals surface area contributed by atoms with E-state index in [-0.39, 0.29) is 11.8 Å². The molecule has 0 bridgehead atoms. The largest absolute Gasteiger partial charge is 0.553 e. The number of hydrogen-bond donors (Lipinski definition) is 0. The standard InChI is InChI=1S/C9H15O5/c1-5(2)7(10)13-8(6(3)4)14-9(11)12/h5-6,8H,1-4H3/t8-/m0/s1. The Bertz CT molecular complexity index is 209. The number of carbonyl (C=O) groups is 2. The van der Waals surface area contributed by atoms with Gasteiger partial charge in [0.2, 0.25) is 0 Å². The van der Waals surface area contributed by atoms with E-state index in [9.17, 15) is 14.7 Å². The van der Waals surface area contributed by atoms with Crippen LogP contribution in [0.25, 0.3) is 0 Å². The molecule has 0 saturated heterocycles. The number of hydrogen-bond acceptors (Lipinski definition) is 4. The summed E-state index contributed by atoms with van der Waals surface area (Å²) in [6, 6.07) is 0. The third-order valence-electron chi connectivity index (χ3n) is 1.46. The summed E-state index contributed by atoms with van der Waals surface area (Å²) in [6.45, 7) is 6.67. The van der Waals surface area contributed by atoms with Crippen molar-refractivity contribution in [2.45, 2.75) is 34.0 Å². The highest BCUT2D eigenvalue weighted by Gasteiger charge is 2.24. The smallest absolute Gasteiger partial charge is 0.425 e. The van der Waals surface area contributed by atoms with Crippen LogP contribution in [0.1, 0.15) is 27.7 Å². The Kier molecular flexibility index (Phi) is 4.97. The molecule has 0 aliphatic rings. The highest BCUT2D eigenvalue weighted by atomic mass is 16.8. The molecule has 0 amide bonds. The van der Waals surface area contributed by atoms with E-state index >= 15 is 0 Å². The molecule has 14 heavy (non-hydrogen) atoms. The third kappa shape index (κ3) is 4.69. The molecule has 0 aliphatic heterocycles. The third-order valence-corrected chi connectivity index (χ3v) is 1.46. The molecule has 0 N–H and O–H groups in total. The first-order valence-electron chi connectivity index (χ1n) is 4.42. The molecule has 81 valence electrons. The maximum Gasteiger partial charge on any atom is 0.553 e. The molecule has 0 rings (SSSR count). The Labute approximate surface area is 83.0 Å². The van der Waals surface area contributed by atoms with Crippen molar-refractivity contribution < 1.29 is 24.2 Å². The number of carbonyl (C=O) groups excluding carboxylic acids is 2. The molecule has 0 aliphatic carbocycles. The van der Waals surface area contributed by atoms with Crippen molar-refractivity contribution in [3.05, 3.63) is 0 Å². The second-order valence-corrected chi connectivity index (χ2v) is 3.57. The van der Waals surface area contributed by atoms with Crippen molar-refractivity contribution >= 4 is 12.1 Å². The zero-order valence-corrected chi connectivity index (χ0v) is 8.77. The molecule has 0 unspecified atom stereocenters. The van der Waals surface area contributed by atoms with Gasteiger partial charge in [0.05, 0.1) is 5.92 Å². The van der Waals surface area contributed by atoms with Gasteiger partial charge >= 0.3 is 12.1 Å². The SMILES string of the molecule is CC(C)C(=O)O[C@@H](OC([O])=O)C(C)C. The maximum absolute atomic E-state index is 11.1. The molecule has 5 nitrogen and oxygen atoms in total. The molecule has 0 aromatic heterocycles. The average molecular weight is 203 g/mol. The number of ether oxygens (including phenoxy) is 2. The Morgan fingerprint density at radius 3 is 1.79 bits per heavy atom. The molecular weight excluding hydrogens is 188 g/mol. The average Bonchev–Trinajstić information content (AvgIpc) is 2.01. The van der Waals surface area contributed by atoms with E-state index in [0.717, 1.165) is 0 Å². The van der Waals surface area contributed by atoms with Crippen molar-refractivity contribution in [2.24, 2.45) is 11.8 Å².